The first kappa shape index (κ1) is 22.7. The molecule has 6 aromatic carbocycles. The van der Waals surface area contributed by atoms with Gasteiger partial charge in [-0.2, -0.15) is 0 Å². The fraction of sp³-hybridized carbons (Fsp3) is 0. The second-order valence-corrected chi connectivity index (χ2v) is 11.0. The summed E-state index contributed by atoms with van der Waals surface area (Å²) in [5.74, 6) is 0.598. The molecule has 10 rings (SSSR count). The molecule has 0 radical (unpaired) electrons. The van der Waals surface area contributed by atoms with Crippen molar-refractivity contribution in [1.82, 2.24) is 14.5 Å². The molecule has 0 saturated heterocycles. The second-order valence-electron chi connectivity index (χ2n) is 11.0. The van der Waals surface area contributed by atoms with E-state index in [0.717, 1.165) is 82.3 Å². The Kier molecular flexibility index (Phi) is 4.39. The van der Waals surface area contributed by atoms with Gasteiger partial charge in [0.05, 0.1) is 16.4 Å². The zero-order valence-corrected chi connectivity index (χ0v) is 22.8. The van der Waals surface area contributed by atoms with Crippen LogP contribution in [0.3, 0.4) is 0 Å². The SMILES string of the molecule is c1ccc(-c2nc(-n3c4ccccc4c4cc5oc6ccccc6c5cc43)nc3c2oc2ccc4ccccc4c23)cc1. The number of hydrogen-bond donors (Lipinski definition) is 0. The van der Waals surface area contributed by atoms with Crippen molar-refractivity contribution in [1.29, 1.82) is 0 Å². The fourth-order valence-electron chi connectivity index (χ4n) is 6.69. The molecule has 4 heterocycles. The van der Waals surface area contributed by atoms with Gasteiger partial charge < -0.3 is 8.83 Å². The molecular formula is C38H21N3O2. The smallest absolute Gasteiger partial charge is 0.236 e. The van der Waals surface area contributed by atoms with Crippen molar-refractivity contribution in [2.24, 2.45) is 0 Å². The molecule has 0 spiro atoms. The number of fused-ring (bicyclic) bond motifs is 11. The quantitative estimate of drug-likeness (QED) is 0.214. The van der Waals surface area contributed by atoms with Crippen molar-refractivity contribution in [3.63, 3.8) is 0 Å². The molecule has 0 saturated carbocycles. The molecule has 5 nitrogen and oxygen atoms in total. The second kappa shape index (κ2) is 8.30. The summed E-state index contributed by atoms with van der Waals surface area (Å²) in [6, 6.07) is 43.7. The van der Waals surface area contributed by atoms with Gasteiger partial charge in [-0.1, -0.05) is 97.1 Å². The van der Waals surface area contributed by atoms with E-state index in [-0.39, 0.29) is 0 Å². The molecule has 0 bridgehead atoms. The van der Waals surface area contributed by atoms with Gasteiger partial charge in [0.1, 0.15) is 28.0 Å². The van der Waals surface area contributed by atoms with Gasteiger partial charge >= 0.3 is 0 Å². The monoisotopic (exact) mass is 551 g/mol. The fourth-order valence-corrected chi connectivity index (χ4v) is 6.69. The van der Waals surface area contributed by atoms with E-state index < -0.39 is 0 Å². The van der Waals surface area contributed by atoms with Crippen molar-refractivity contribution in [2.45, 2.75) is 0 Å². The predicted octanol–water partition coefficient (Wildman–Crippen LogP) is 10.2. The number of nitrogens with zero attached hydrogens (tertiary/aromatic N) is 3. The maximum absolute atomic E-state index is 6.54. The van der Waals surface area contributed by atoms with Gasteiger partial charge in [-0.3, -0.25) is 4.57 Å². The van der Waals surface area contributed by atoms with E-state index in [1.54, 1.807) is 0 Å². The molecule has 0 aliphatic heterocycles. The van der Waals surface area contributed by atoms with Crippen molar-refractivity contribution >= 4 is 76.6 Å². The summed E-state index contributed by atoms with van der Waals surface area (Å²) in [7, 11) is 0. The van der Waals surface area contributed by atoms with Crippen LogP contribution in [0.4, 0.5) is 0 Å². The van der Waals surface area contributed by atoms with Gasteiger partial charge in [0.2, 0.25) is 5.95 Å². The third kappa shape index (κ3) is 3.11. The number of furan rings is 2. The van der Waals surface area contributed by atoms with Crippen LogP contribution in [0.2, 0.25) is 0 Å². The lowest BCUT2D eigenvalue weighted by Gasteiger charge is -2.09. The van der Waals surface area contributed by atoms with E-state index in [9.17, 15) is 0 Å². The molecule has 4 aromatic heterocycles. The molecule has 0 amide bonds. The van der Waals surface area contributed by atoms with Crippen LogP contribution in [0.5, 0.6) is 0 Å². The Morgan fingerprint density at radius 2 is 1.26 bits per heavy atom. The Labute approximate surface area is 244 Å². The van der Waals surface area contributed by atoms with E-state index in [1.165, 1.54) is 0 Å². The Morgan fingerprint density at radius 3 is 2.16 bits per heavy atom. The summed E-state index contributed by atoms with van der Waals surface area (Å²) in [4.78, 5) is 10.6. The average molecular weight is 552 g/mol. The first-order chi connectivity index (χ1) is 21.3. The van der Waals surface area contributed by atoms with Crippen LogP contribution in [0.1, 0.15) is 0 Å². The van der Waals surface area contributed by atoms with Crippen molar-refractivity contribution < 1.29 is 8.83 Å². The normalized spacial score (nSPS) is 12.2. The third-order valence-corrected chi connectivity index (χ3v) is 8.61. The van der Waals surface area contributed by atoms with Gasteiger partial charge in [-0.15, -0.1) is 0 Å². The number of rotatable bonds is 2. The molecule has 10 aromatic rings. The highest BCUT2D eigenvalue weighted by Gasteiger charge is 2.23. The van der Waals surface area contributed by atoms with Crippen molar-refractivity contribution in [3.8, 4) is 17.2 Å². The summed E-state index contributed by atoms with van der Waals surface area (Å²) in [6.07, 6.45) is 0. The van der Waals surface area contributed by atoms with E-state index >= 15 is 0 Å². The maximum atomic E-state index is 6.54. The van der Waals surface area contributed by atoms with E-state index in [1.807, 2.05) is 36.4 Å². The minimum atomic E-state index is 0.598. The van der Waals surface area contributed by atoms with Gasteiger partial charge in [0.25, 0.3) is 0 Å². The first-order valence-corrected chi connectivity index (χ1v) is 14.3. The maximum Gasteiger partial charge on any atom is 0.236 e. The topological polar surface area (TPSA) is 57.0 Å². The van der Waals surface area contributed by atoms with E-state index in [2.05, 4.69) is 95.6 Å². The average Bonchev–Trinajstić information content (AvgIpc) is 3.73. The summed E-state index contributed by atoms with van der Waals surface area (Å²) in [5, 5.41) is 7.61. The zero-order valence-electron chi connectivity index (χ0n) is 22.8. The molecular weight excluding hydrogens is 530 g/mol. The molecule has 0 unspecified atom stereocenters. The third-order valence-electron chi connectivity index (χ3n) is 8.61. The number of para-hydroxylation sites is 2. The molecule has 0 atom stereocenters. The molecule has 0 aliphatic rings. The molecule has 43 heavy (non-hydrogen) atoms. The minimum Gasteiger partial charge on any atom is -0.456 e. The van der Waals surface area contributed by atoms with E-state index in [0.29, 0.717) is 11.5 Å². The van der Waals surface area contributed by atoms with Crippen LogP contribution in [-0.2, 0) is 0 Å². The van der Waals surface area contributed by atoms with Crippen LogP contribution in [0.15, 0.2) is 136 Å². The first-order valence-electron chi connectivity index (χ1n) is 14.3. The Balaban J connectivity index is 1.39. The Morgan fingerprint density at radius 1 is 0.488 bits per heavy atom. The van der Waals surface area contributed by atoms with Gasteiger partial charge in [0, 0.05) is 27.1 Å². The van der Waals surface area contributed by atoms with Gasteiger partial charge in [-0.05, 0) is 41.1 Å². The largest absolute Gasteiger partial charge is 0.456 e. The molecule has 200 valence electrons. The lowest BCUT2D eigenvalue weighted by Crippen LogP contribution is -2.02. The zero-order chi connectivity index (χ0) is 28.1. The molecule has 5 heteroatoms. The van der Waals surface area contributed by atoms with Gasteiger partial charge in [0.15, 0.2) is 5.58 Å². The van der Waals surface area contributed by atoms with Crippen LogP contribution >= 0.6 is 0 Å². The van der Waals surface area contributed by atoms with Crippen molar-refractivity contribution in [3.05, 3.63) is 127 Å². The highest BCUT2D eigenvalue weighted by Crippen LogP contribution is 2.41. The standard InChI is InChI=1S/C38H21N3O2/c1-2-11-23(12-3-1)35-37-36(34-24-13-5-4-10-22(24)18-19-32(34)43-37)40-38(39-35)41-29-16-8-6-14-25(29)27-21-33-28(20-30(27)41)26-15-7-9-17-31(26)42-33/h1-21H. The Bertz CT molecular complexity index is 2730. The number of hydrogen-bond acceptors (Lipinski definition) is 4. The number of aromatic nitrogens is 3. The lowest BCUT2D eigenvalue weighted by atomic mass is 10.1. The van der Waals surface area contributed by atoms with Crippen molar-refractivity contribution in [2.75, 3.05) is 0 Å². The predicted molar refractivity (Wildman–Crippen MR) is 174 cm³/mol. The molecule has 0 N–H and O–H groups in total. The summed E-state index contributed by atoms with van der Waals surface area (Å²) < 4.78 is 15.0. The van der Waals surface area contributed by atoms with Crippen LogP contribution in [0.25, 0.3) is 93.8 Å². The Hall–Kier alpha value is -5.94. The van der Waals surface area contributed by atoms with E-state index in [4.69, 9.17) is 18.8 Å². The van der Waals surface area contributed by atoms with Crippen LogP contribution < -0.4 is 0 Å². The lowest BCUT2D eigenvalue weighted by molar-refractivity contribution is 0.667. The van der Waals surface area contributed by atoms with Crippen LogP contribution in [0, 0.1) is 0 Å². The minimum absolute atomic E-state index is 0.598. The molecule has 0 aliphatic carbocycles. The summed E-state index contributed by atoms with van der Waals surface area (Å²) in [5.41, 5.74) is 7.83. The molecule has 0 fully saturated rings. The van der Waals surface area contributed by atoms with Crippen LogP contribution in [-0.4, -0.2) is 14.5 Å². The summed E-state index contributed by atoms with van der Waals surface area (Å²) in [6.45, 7) is 0. The highest BCUT2D eigenvalue weighted by molar-refractivity contribution is 6.20. The summed E-state index contributed by atoms with van der Waals surface area (Å²) >= 11 is 0. The van der Waals surface area contributed by atoms with Gasteiger partial charge in [-0.25, -0.2) is 9.97 Å². The number of benzene rings is 6. The highest BCUT2D eigenvalue weighted by atomic mass is 16.3.